The average Bonchev–Trinajstić information content (AvgIpc) is 1.56. The van der Waals surface area contributed by atoms with Crippen LogP contribution in [0.4, 0.5) is 79.0 Å². The molecule has 0 amide bonds. The largest absolute Gasteiger partial charge is 0.469 e. The van der Waals surface area contributed by atoms with Gasteiger partial charge in [-0.15, -0.1) is 0 Å². The molecule has 0 aromatic carbocycles. The maximum absolute atomic E-state index is 13.0. The lowest BCUT2D eigenvalue weighted by Crippen LogP contribution is -2.58. The number of carbonyl (C=O) groups is 11. The molecular formula is C83H116F18O25. The van der Waals surface area contributed by atoms with E-state index in [1.54, 1.807) is 69.2 Å². The van der Waals surface area contributed by atoms with Gasteiger partial charge >= 0.3 is 103 Å². The molecule has 22 atom stereocenters. The lowest BCUT2D eigenvalue weighted by atomic mass is 9.73. The highest BCUT2D eigenvalue weighted by atomic mass is 19.4. The fourth-order valence-electron chi connectivity index (χ4n) is 15.8. The number of halogens is 18. The van der Waals surface area contributed by atoms with Gasteiger partial charge in [0.15, 0.2) is 48.6 Å². The van der Waals surface area contributed by atoms with Crippen molar-refractivity contribution in [1.82, 2.24) is 0 Å². The highest BCUT2D eigenvalue weighted by molar-refractivity contribution is 6.03. The third-order valence-electron chi connectivity index (χ3n) is 26.9. The Balaban J connectivity index is 0.000000236. The first-order chi connectivity index (χ1) is 57.2. The first-order valence-electron chi connectivity index (χ1n) is 41.6. The zero-order valence-corrected chi connectivity index (χ0v) is 73.9. The van der Waals surface area contributed by atoms with E-state index >= 15 is 0 Å². The third-order valence-corrected chi connectivity index (χ3v) is 26.9. The van der Waals surface area contributed by atoms with Crippen molar-refractivity contribution in [2.24, 2.45) is 85.2 Å². The van der Waals surface area contributed by atoms with Crippen molar-refractivity contribution >= 4 is 65.7 Å². The monoisotopic (exact) mass is 1850 g/mol. The normalized spacial score (nSPS) is 30.2. The second kappa shape index (κ2) is 38.7. The molecule has 11 fully saturated rings. The third kappa shape index (κ3) is 23.0. The maximum atomic E-state index is 13.0. The van der Waals surface area contributed by atoms with Gasteiger partial charge in [-0.2, -0.15) is 52.7 Å². The Bertz CT molecular complexity index is 3900. The summed E-state index contributed by atoms with van der Waals surface area (Å²) in [6.07, 6.45) is -34.0. The van der Waals surface area contributed by atoms with Crippen LogP contribution in [0.5, 0.6) is 0 Å². The van der Waals surface area contributed by atoms with Gasteiger partial charge in [0.1, 0.15) is 48.5 Å². The van der Waals surface area contributed by atoms with E-state index in [-0.39, 0.29) is 67.1 Å². The van der Waals surface area contributed by atoms with E-state index in [4.69, 9.17) is 47.4 Å². The molecular weight excluding hydrogens is 1740 g/mol. The molecule has 0 spiro atoms. The predicted molar refractivity (Wildman–Crippen MR) is 397 cm³/mol. The molecule has 4 saturated carbocycles. The molecule has 7 saturated heterocycles. The summed E-state index contributed by atoms with van der Waals surface area (Å²) in [5.41, 5.74) is -10.9. The number of fused-ring (bicyclic) bond motifs is 5. The molecule has 11 aliphatic rings. The highest BCUT2D eigenvalue weighted by Crippen LogP contribution is 2.64. The minimum absolute atomic E-state index is 0.0269. The van der Waals surface area contributed by atoms with Gasteiger partial charge in [0.25, 0.3) is 11.5 Å². The number of aliphatic hydroxyl groups is 1. The molecule has 43 heteroatoms. The Morgan fingerprint density at radius 1 is 0.468 bits per heavy atom. The summed E-state index contributed by atoms with van der Waals surface area (Å²) in [5, 5.41) is 9.39. The number of ether oxygens (including phenoxy) is 13. The molecule has 22 unspecified atom stereocenters. The molecule has 8 bridgehead atoms. The zero-order valence-electron chi connectivity index (χ0n) is 73.9. The fraction of sp³-hybridized carbons (Fsp3) is 0.867. The topological polar surface area (TPSA) is 328 Å². The van der Waals surface area contributed by atoms with Crippen molar-refractivity contribution in [3.05, 3.63) is 0 Å². The van der Waals surface area contributed by atoms with E-state index in [1.807, 2.05) is 41.5 Å². The van der Waals surface area contributed by atoms with Gasteiger partial charge in [0, 0.05) is 11.8 Å². The van der Waals surface area contributed by atoms with Gasteiger partial charge in [-0.3, -0.25) is 52.7 Å². The number of hydrogen-bond donors (Lipinski definition) is 1. The van der Waals surface area contributed by atoms with E-state index in [9.17, 15) is 137 Å². The second-order valence-corrected chi connectivity index (χ2v) is 37.9. The Morgan fingerprint density at radius 3 is 1.35 bits per heavy atom. The van der Waals surface area contributed by atoms with Gasteiger partial charge in [-0.05, 0) is 198 Å². The Morgan fingerprint density at radius 2 is 0.905 bits per heavy atom. The summed E-state index contributed by atoms with van der Waals surface area (Å²) in [7, 11) is 1.26. The van der Waals surface area contributed by atoms with E-state index in [0.717, 1.165) is 13.8 Å². The SMILES string of the molecule is CCC(C)(C)C(=O)OC(C)C(F)(F)F.CCC(C)(C)C(=O)OC1C2CC3C(=O)OC1C3O2.CCC(C)(C)C(=O)OC1C2CC3C1OC(=O)C3(C(=O)OC(C)C(F)(F)F)C2.CCC(C)(C)C(=O)OC1C2OC(=O)C3C2OC1C3C(=O)OC.CCC(C)(C)C(=O)OC1CC2CC1CC2CC(O)(C(F)(F)F)C(F)(F)F.CCC(C)(C)C(=O)OCC(F)(F)CC(F)(F)C(F)F. The summed E-state index contributed by atoms with van der Waals surface area (Å²) in [6, 6.07) is 0. The summed E-state index contributed by atoms with van der Waals surface area (Å²) < 4.78 is 293. The molecule has 0 radical (unpaired) electrons. The van der Waals surface area contributed by atoms with Crippen molar-refractivity contribution in [2.75, 3.05) is 13.7 Å². The fourth-order valence-corrected chi connectivity index (χ4v) is 15.8. The lowest BCUT2D eigenvalue weighted by molar-refractivity contribution is -0.373. The Hall–Kier alpha value is -7.21. The number of carbonyl (C=O) groups excluding carboxylic acids is 11. The maximum Gasteiger partial charge on any atom is 0.426 e. The summed E-state index contributed by atoms with van der Waals surface area (Å²) in [4.78, 5) is 132. The predicted octanol–water partition coefficient (Wildman–Crippen LogP) is 15.7. The van der Waals surface area contributed by atoms with Crippen molar-refractivity contribution < 1.29 is 198 Å². The molecule has 11 rings (SSSR count). The molecule has 0 aromatic rings. The van der Waals surface area contributed by atoms with E-state index in [0.29, 0.717) is 57.8 Å². The molecule has 1 N–H and O–H groups in total. The standard InChI is InChI=1S/C18H23F3O6.C17H24F6O3.C15H20O7.C13H18O5.C11H16F6O2.C9H15F3O2/c1-5-16(3,4)13(22)26-11-9-6-10-12(11)27-15(24)17(10,7-9)14(23)25-8(2)18(19,20)21;1-4-14(2,3)13(24)26-12-7-9-5-10(12)6-11(9)8-15(25,16(18,19)20)17(21,22)23;1-5-15(2,3)14(18)22-11-8-6(12(16)19-4)7-9(20-8)10(11)21-13(7)17;1-4-13(2,3)12(15)18-9-7-5-6-8(16-7)10(9)17-11(6)14;1-4-9(2,3)8(18)19-6-10(14,15)5-11(16,17)7(12)13;1-5-8(3,4)7(13)14-6(2)9(10,11)12/h8-12H,5-7H2,1-4H3;9-12,25H,4-8H2,1-3H3;6-11H,5H2,1-4H3;6-10H,4-5H2,1-3H3;7H,4-6H2,1-3H3;6H,5H2,1-4H3. The molecule has 7 aliphatic heterocycles. The van der Waals surface area contributed by atoms with Crippen LogP contribution in [0.3, 0.4) is 0 Å². The number of esters is 11. The quantitative estimate of drug-likeness (QED) is 0.0345. The van der Waals surface area contributed by atoms with Crippen LogP contribution in [0, 0.1) is 85.2 Å². The minimum atomic E-state index is -5.79. The van der Waals surface area contributed by atoms with Crippen molar-refractivity contribution in [2.45, 2.75) is 356 Å². The van der Waals surface area contributed by atoms with Crippen LogP contribution in [0.15, 0.2) is 0 Å². The van der Waals surface area contributed by atoms with Crippen LogP contribution in [-0.4, -0.2) is 212 Å². The molecule has 724 valence electrons. The summed E-state index contributed by atoms with van der Waals surface area (Å²) >= 11 is 0. The van der Waals surface area contributed by atoms with Gasteiger partial charge in [-0.25, -0.2) is 26.3 Å². The van der Waals surface area contributed by atoms with Crippen LogP contribution >= 0.6 is 0 Å². The van der Waals surface area contributed by atoms with E-state index in [1.165, 1.54) is 21.0 Å². The van der Waals surface area contributed by atoms with Crippen molar-refractivity contribution in [3.63, 3.8) is 0 Å². The summed E-state index contributed by atoms with van der Waals surface area (Å²) in [5.74, 6) is -19.7. The smallest absolute Gasteiger partial charge is 0.426 e. The van der Waals surface area contributed by atoms with Crippen LogP contribution in [0.25, 0.3) is 0 Å². The summed E-state index contributed by atoms with van der Waals surface area (Å²) in [6.45, 7) is 30.9. The molecule has 126 heavy (non-hydrogen) atoms. The van der Waals surface area contributed by atoms with Crippen LogP contribution in [0.2, 0.25) is 0 Å². The first kappa shape index (κ1) is 108. The minimum Gasteiger partial charge on any atom is -0.469 e. The number of rotatable bonds is 27. The molecule has 0 aromatic heterocycles. The molecule has 25 nitrogen and oxygen atoms in total. The molecule has 4 aliphatic carbocycles. The van der Waals surface area contributed by atoms with Crippen LogP contribution in [0.1, 0.15) is 228 Å². The number of hydrogen-bond acceptors (Lipinski definition) is 25. The molecule has 7 heterocycles. The average molecular weight is 1860 g/mol. The first-order valence-corrected chi connectivity index (χ1v) is 41.6. The van der Waals surface area contributed by atoms with Gasteiger partial charge in [-0.1, -0.05) is 41.5 Å². The van der Waals surface area contributed by atoms with Crippen molar-refractivity contribution in [3.8, 4) is 0 Å². The van der Waals surface area contributed by atoms with Gasteiger partial charge in [0.2, 0.25) is 0 Å². The Kier molecular flexibility index (Phi) is 33.0. The van der Waals surface area contributed by atoms with Gasteiger partial charge in [0.05, 0.1) is 58.0 Å². The van der Waals surface area contributed by atoms with E-state index < -0.39 is 250 Å². The van der Waals surface area contributed by atoms with E-state index in [2.05, 4.69) is 14.2 Å². The number of alkyl halides is 18. The number of methoxy groups -OCH3 is 1. The van der Waals surface area contributed by atoms with Crippen LogP contribution < -0.4 is 0 Å². The lowest BCUT2D eigenvalue weighted by Gasteiger charge is -2.37. The van der Waals surface area contributed by atoms with Crippen LogP contribution in [-0.2, 0) is 114 Å². The highest BCUT2D eigenvalue weighted by Gasteiger charge is 2.77. The van der Waals surface area contributed by atoms with Crippen molar-refractivity contribution in [1.29, 1.82) is 0 Å². The Labute approximate surface area is 717 Å². The van der Waals surface area contributed by atoms with Gasteiger partial charge < -0.3 is 66.7 Å². The second-order valence-electron chi connectivity index (χ2n) is 37.9. The zero-order chi connectivity index (χ0) is 96.9.